The highest BCUT2D eigenvalue weighted by Crippen LogP contribution is 2.26. The summed E-state index contributed by atoms with van der Waals surface area (Å²) in [6.07, 6.45) is 0.0358. The number of rotatable bonds is 5. The second-order valence-corrected chi connectivity index (χ2v) is 6.02. The maximum atomic E-state index is 10.3. The van der Waals surface area contributed by atoms with Gasteiger partial charge in [0.15, 0.2) is 0 Å². The molecule has 0 fully saturated rings. The molecule has 2 rings (SSSR count). The summed E-state index contributed by atoms with van der Waals surface area (Å²) in [5.41, 5.74) is 1.79. The molecule has 0 spiro atoms. The van der Waals surface area contributed by atoms with E-state index in [1.54, 1.807) is 12.1 Å². The zero-order valence-electron chi connectivity index (χ0n) is 12.0. The molecule has 0 aliphatic carbocycles. The van der Waals surface area contributed by atoms with Crippen molar-refractivity contribution in [2.75, 3.05) is 0 Å². The van der Waals surface area contributed by atoms with E-state index < -0.39 is 6.10 Å². The lowest BCUT2D eigenvalue weighted by atomic mass is 10.0. The second kappa shape index (κ2) is 7.17. The van der Waals surface area contributed by atoms with Gasteiger partial charge < -0.3 is 9.84 Å². The Bertz CT molecular complexity index is 594. The molecular weight excluding hydrogens is 307 g/mol. The van der Waals surface area contributed by atoms with E-state index in [0.29, 0.717) is 16.5 Å². The smallest absolute Gasteiger partial charge is 0.119 e. The Kier molecular flexibility index (Phi) is 5.51. The van der Waals surface area contributed by atoms with E-state index in [1.807, 2.05) is 44.2 Å². The summed E-state index contributed by atoms with van der Waals surface area (Å²) in [5.74, 6) is 0.801. The molecule has 112 valence electrons. The fourth-order valence-electron chi connectivity index (χ4n) is 2.05. The Morgan fingerprint density at radius 1 is 1.00 bits per heavy atom. The molecule has 1 N–H and O–H groups in total. The van der Waals surface area contributed by atoms with E-state index in [4.69, 9.17) is 27.9 Å². The molecule has 2 aromatic rings. The quantitative estimate of drug-likeness (QED) is 0.833. The van der Waals surface area contributed by atoms with Crippen LogP contribution in [0.25, 0.3) is 0 Å². The number of aliphatic hydroxyl groups excluding tert-OH is 1. The van der Waals surface area contributed by atoms with E-state index in [1.165, 1.54) is 0 Å². The molecule has 0 amide bonds. The molecule has 1 atom stereocenters. The van der Waals surface area contributed by atoms with Crippen LogP contribution in [-0.4, -0.2) is 11.2 Å². The van der Waals surface area contributed by atoms with Gasteiger partial charge >= 0.3 is 0 Å². The Morgan fingerprint density at radius 2 is 1.67 bits per heavy atom. The van der Waals surface area contributed by atoms with Crippen molar-refractivity contribution in [1.82, 2.24) is 0 Å². The topological polar surface area (TPSA) is 29.5 Å². The minimum absolute atomic E-state index is 0.136. The van der Waals surface area contributed by atoms with Crippen molar-refractivity contribution in [3.8, 4) is 5.75 Å². The van der Waals surface area contributed by atoms with Crippen LogP contribution in [0.5, 0.6) is 5.75 Å². The second-order valence-electron chi connectivity index (χ2n) is 5.20. The van der Waals surface area contributed by atoms with Gasteiger partial charge in [0.2, 0.25) is 0 Å². The zero-order chi connectivity index (χ0) is 15.4. The summed E-state index contributed by atoms with van der Waals surface area (Å²) in [7, 11) is 0. The Balaban J connectivity index is 2.05. The number of benzene rings is 2. The number of hydrogen-bond donors (Lipinski definition) is 1. The molecule has 21 heavy (non-hydrogen) atoms. The Morgan fingerprint density at radius 3 is 2.24 bits per heavy atom. The molecule has 0 aliphatic heterocycles. The first-order valence-corrected chi connectivity index (χ1v) is 7.60. The summed E-state index contributed by atoms with van der Waals surface area (Å²) >= 11 is 11.9. The molecule has 0 radical (unpaired) electrons. The number of halogens is 2. The van der Waals surface area contributed by atoms with Gasteiger partial charge in [-0.15, -0.1) is 0 Å². The average Bonchev–Trinajstić information content (AvgIpc) is 2.43. The third kappa shape index (κ3) is 4.63. The van der Waals surface area contributed by atoms with Crippen molar-refractivity contribution >= 4 is 23.2 Å². The van der Waals surface area contributed by atoms with Gasteiger partial charge in [-0.1, -0.05) is 41.4 Å². The fourth-order valence-corrected chi connectivity index (χ4v) is 2.37. The molecule has 2 aromatic carbocycles. The maximum absolute atomic E-state index is 10.3. The van der Waals surface area contributed by atoms with Gasteiger partial charge in [0.25, 0.3) is 0 Å². The largest absolute Gasteiger partial charge is 0.491 e. The summed E-state index contributed by atoms with van der Waals surface area (Å²) in [5, 5.41) is 11.3. The van der Waals surface area contributed by atoms with E-state index in [2.05, 4.69) is 0 Å². The van der Waals surface area contributed by atoms with Crippen LogP contribution in [0, 0.1) is 0 Å². The van der Waals surface area contributed by atoms with Crippen molar-refractivity contribution in [3.63, 3.8) is 0 Å². The van der Waals surface area contributed by atoms with Crippen LogP contribution < -0.4 is 4.74 Å². The van der Waals surface area contributed by atoms with Gasteiger partial charge in [0.05, 0.1) is 22.3 Å². The predicted molar refractivity (Wildman–Crippen MR) is 87.3 cm³/mol. The molecule has 4 heteroatoms. The minimum Gasteiger partial charge on any atom is -0.491 e. The normalized spacial score (nSPS) is 12.5. The Hall–Kier alpha value is -1.22. The molecule has 0 saturated heterocycles. The summed E-state index contributed by atoms with van der Waals surface area (Å²) in [6, 6.07) is 12.9. The number of ether oxygens (including phenoxy) is 1. The number of hydrogen-bond acceptors (Lipinski definition) is 2. The lowest BCUT2D eigenvalue weighted by Gasteiger charge is -2.14. The van der Waals surface area contributed by atoms with Gasteiger partial charge in [-0.25, -0.2) is 0 Å². The van der Waals surface area contributed by atoms with Gasteiger partial charge in [-0.2, -0.15) is 0 Å². The molecule has 0 aliphatic rings. The number of aliphatic hydroxyl groups is 1. The summed E-state index contributed by atoms with van der Waals surface area (Å²) in [4.78, 5) is 0. The van der Waals surface area contributed by atoms with Gasteiger partial charge in [0, 0.05) is 6.42 Å². The first-order chi connectivity index (χ1) is 9.95. The predicted octanol–water partition coefficient (Wildman–Crippen LogP) is 5.06. The molecule has 2 nitrogen and oxygen atoms in total. The van der Waals surface area contributed by atoms with Gasteiger partial charge in [0.1, 0.15) is 5.75 Å². The Labute approximate surface area is 135 Å². The first-order valence-electron chi connectivity index (χ1n) is 6.84. The van der Waals surface area contributed by atoms with Crippen LogP contribution in [0.15, 0.2) is 42.5 Å². The minimum atomic E-state index is -0.588. The summed E-state index contributed by atoms with van der Waals surface area (Å²) in [6.45, 7) is 3.96. The standard InChI is InChI=1S/C17H18Cl2O2/c1-11(2)21-14-6-4-13(5-7-14)17(20)10-12-3-8-15(18)16(19)9-12/h3-9,11,17,20H,10H2,1-2H3. The van der Waals surface area contributed by atoms with Crippen molar-refractivity contribution in [2.45, 2.75) is 32.5 Å². The molecule has 0 heterocycles. The lowest BCUT2D eigenvalue weighted by molar-refractivity contribution is 0.178. The highest BCUT2D eigenvalue weighted by Gasteiger charge is 2.10. The molecule has 0 saturated carbocycles. The fraction of sp³-hybridized carbons (Fsp3) is 0.294. The van der Waals surface area contributed by atoms with E-state index >= 15 is 0 Å². The molecule has 0 bridgehead atoms. The van der Waals surface area contributed by atoms with Crippen LogP contribution in [0.4, 0.5) is 0 Å². The van der Waals surface area contributed by atoms with Crippen LogP contribution in [0.3, 0.4) is 0 Å². The third-order valence-electron chi connectivity index (χ3n) is 3.05. The monoisotopic (exact) mass is 324 g/mol. The molecule has 0 aromatic heterocycles. The highest BCUT2D eigenvalue weighted by molar-refractivity contribution is 6.42. The maximum Gasteiger partial charge on any atom is 0.119 e. The van der Waals surface area contributed by atoms with Crippen molar-refractivity contribution in [3.05, 3.63) is 63.6 Å². The zero-order valence-corrected chi connectivity index (χ0v) is 13.5. The van der Waals surface area contributed by atoms with Crippen LogP contribution >= 0.6 is 23.2 Å². The van der Waals surface area contributed by atoms with E-state index in [-0.39, 0.29) is 6.10 Å². The molecule has 1 unspecified atom stereocenters. The van der Waals surface area contributed by atoms with Gasteiger partial charge in [-0.05, 0) is 49.2 Å². The van der Waals surface area contributed by atoms with Crippen molar-refractivity contribution in [1.29, 1.82) is 0 Å². The van der Waals surface area contributed by atoms with E-state index in [0.717, 1.165) is 16.9 Å². The summed E-state index contributed by atoms with van der Waals surface area (Å²) < 4.78 is 5.58. The third-order valence-corrected chi connectivity index (χ3v) is 3.79. The van der Waals surface area contributed by atoms with Crippen LogP contribution in [0.1, 0.15) is 31.1 Å². The SMILES string of the molecule is CC(C)Oc1ccc(C(O)Cc2ccc(Cl)c(Cl)c2)cc1. The van der Waals surface area contributed by atoms with Crippen molar-refractivity contribution in [2.24, 2.45) is 0 Å². The molecular formula is C17H18Cl2O2. The van der Waals surface area contributed by atoms with Crippen LogP contribution in [-0.2, 0) is 6.42 Å². The average molecular weight is 325 g/mol. The highest BCUT2D eigenvalue weighted by atomic mass is 35.5. The van der Waals surface area contributed by atoms with Crippen LogP contribution in [0.2, 0.25) is 10.0 Å². The van der Waals surface area contributed by atoms with Gasteiger partial charge in [-0.3, -0.25) is 0 Å². The first kappa shape index (κ1) is 16.2. The van der Waals surface area contributed by atoms with Crippen molar-refractivity contribution < 1.29 is 9.84 Å². The van der Waals surface area contributed by atoms with E-state index in [9.17, 15) is 5.11 Å². The lowest BCUT2D eigenvalue weighted by Crippen LogP contribution is -2.06.